The predicted octanol–water partition coefficient (Wildman–Crippen LogP) is 6.35. The van der Waals surface area contributed by atoms with Crippen LogP contribution in [-0.2, 0) is 56.7 Å². The largest absolute Gasteiger partial charge is 0.353 e. The molecule has 0 aromatic heterocycles. The van der Waals surface area contributed by atoms with Crippen molar-refractivity contribution in [2.24, 2.45) is 0 Å². The molecule has 0 rings (SSSR count). The van der Waals surface area contributed by atoms with Crippen LogP contribution in [0.2, 0.25) is 0 Å². The van der Waals surface area contributed by atoms with Gasteiger partial charge in [0, 0.05) is 89.4 Å². The summed E-state index contributed by atoms with van der Waals surface area (Å²) < 4.78 is 0. The van der Waals surface area contributed by atoms with Crippen molar-refractivity contribution in [2.45, 2.75) is 150 Å². The first-order valence-corrected chi connectivity index (χ1v) is 10.3. The molecule has 0 aliphatic rings. The quantitative estimate of drug-likeness (QED) is 0.172. The van der Waals surface area contributed by atoms with Gasteiger partial charge in [0.1, 0.15) is 11.6 Å². The molecule has 0 fully saturated rings. The molecule has 1 radical (unpaired) electrons. The molecule has 0 bridgehead atoms. The van der Waals surface area contributed by atoms with E-state index >= 15 is 0 Å². The van der Waals surface area contributed by atoms with Gasteiger partial charge in [0.2, 0.25) is 11.8 Å². The first-order chi connectivity index (χ1) is 13.6. The summed E-state index contributed by atoms with van der Waals surface area (Å²) in [4.78, 5) is 59.7. The second-order valence-corrected chi connectivity index (χ2v) is 7.27. The Labute approximate surface area is 264 Å². The molecule has 0 saturated heterocycles. The fourth-order valence-electron chi connectivity index (χ4n) is 2.93. The smallest absolute Gasteiger partial charge is 0.222 e. The fourth-order valence-corrected chi connectivity index (χ4v) is 2.93. The van der Waals surface area contributed by atoms with Gasteiger partial charge in [-0.1, -0.05) is 80.2 Å². The molecular weight excluding hydrogens is 559 g/mol. The van der Waals surface area contributed by atoms with Crippen LogP contribution in [0, 0.1) is 6.92 Å². The van der Waals surface area contributed by atoms with E-state index in [9.17, 15) is 24.0 Å². The molecule has 9 heteroatoms. The number of Topliss-reactive ketones (excluding diaryl/α,β-unsaturated/α-hetero) is 3. The average Bonchev–Trinajstić information content (AvgIpc) is 2.64. The Hall–Kier alpha value is -1.12. The monoisotopic (exact) mass is 627 g/mol. The van der Waals surface area contributed by atoms with Gasteiger partial charge in [-0.2, -0.15) is 0 Å². The summed E-state index contributed by atoms with van der Waals surface area (Å²) in [5, 5.41) is 8.49. The molecule has 0 saturated carbocycles. The topological polar surface area (TPSA) is 121 Å². The minimum absolute atomic E-state index is 0. The average molecular weight is 628 g/mol. The first kappa shape index (κ1) is 65.7. The maximum Gasteiger partial charge on any atom is 0.222 e. The Morgan fingerprint density at radius 2 is 0.895 bits per heavy atom. The van der Waals surface area contributed by atoms with Gasteiger partial charge in [-0.05, 0) is 25.7 Å². The fraction of sp³-hybridized carbons (Fsp3) is 0.793. The summed E-state index contributed by atoms with van der Waals surface area (Å²) in [7, 11) is 1.77. The van der Waals surface area contributed by atoms with Gasteiger partial charge < -0.3 is 27.7 Å². The maximum absolute atomic E-state index is 12.5. The molecule has 2 amide bonds. The van der Waals surface area contributed by atoms with E-state index in [1.165, 1.54) is 0 Å². The van der Waals surface area contributed by atoms with Crippen LogP contribution in [0.4, 0.5) is 0 Å². The van der Waals surface area contributed by atoms with E-state index in [1.54, 1.807) is 20.9 Å². The first-order valence-electron chi connectivity index (χ1n) is 10.3. The normalized spacial score (nSPS) is 10.5. The van der Waals surface area contributed by atoms with Crippen LogP contribution >= 0.6 is 0 Å². The number of hydrogen-bond donors (Lipinski definition) is 3. The Bertz CT molecular complexity index is 583. The van der Waals surface area contributed by atoms with Gasteiger partial charge in [-0.15, -0.1) is 0 Å². The van der Waals surface area contributed by atoms with Gasteiger partial charge in [-0.3, -0.25) is 19.2 Å². The van der Waals surface area contributed by atoms with Gasteiger partial charge in [-0.25, -0.2) is 0 Å². The summed E-state index contributed by atoms with van der Waals surface area (Å²) in [6, 6.07) is -1.26. The number of amides is 2. The number of carbonyl (C=O) groups excluding carboxylic acids is 5. The Balaban J connectivity index is -0.000000109. The van der Waals surface area contributed by atoms with E-state index in [4.69, 9.17) is 0 Å². The van der Waals surface area contributed by atoms with E-state index in [1.807, 2.05) is 6.92 Å². The van der Waals surface area contributed by atoms with Gasteiger partial charge >= 0.3 is 0 Å². The van der Waals surface area contributed by atoms with Crippen molar-refractivity contribution < 1.29 is 56.7 Å². The molecule has 3 N–H and O–H groups in total. The third-order valence-corrected chi connectivity index (χ3v) is 4.71. The summed E-state index contributed by atoms with van der Waals surface area (Å²) >= 11 is 0. The van der Waals surface area contributed by atoms with E-state index in [0.717, 1.165) is 6.42 Å². The zero-order valence-corrected chi connectivity index (χ0v) is 21.6. The molecule has 0 aliphatic carbocycles. The molecule has 3 atom stereocenters. The molecule has 8 nitrogen and oxygen atoms in total. The van der Waals surface area contributed by atoms with Gasteiger partial charge in [0.25, 0.3) is 0 Å². The van der Waals surface area contributed by atoms with Crippen molar-refractivity contribution in [3.8, 4) is 0 Å². The molecule has 0 heterocycles. The van der Waals surface area contributed by atoms with Crippen molar-refractivity contribution >= 4 is 29.2 Å². The van der Waals surface area contributed by atoms with E-state index in [-0.39, 0.29) is 154 Å². The van der Waals surface area contributed by atoms with Crippen molar-refractivity contribution in [3.63, 3.8) is 0 Å². The molecule has 0 aliphatic heterocycles. The zero-order chi connectivity index (χ0) is 22.4. The van der Waals surface area contributed by atoms with Crippen molar-refractivity contribution in [1.29, 1.82) is 0 Å². The molecule has 233 valence electrons. The van der Waals surface area contributed by atoms with Gasteiger partial charge in [0.05, 0.1) is 0 Å². The van der Waals surface area contributed by atoms with Crippen LogP contribution in [-0.4, -0.2) is 54.3 Å². The third kappa shape index (κ3) is 32.9. The van der Waals surface area contributed by atoms with E-state index < -0.39 is 18.0 Å². The second-order valence-electron chi connectivity index (χ2n) is 7.27. The molecule has 0 aromatic rings. The molecule has 3 unspecified atom stereocenters. The standard InChI is InChI=1S/C21H36N3O5.8CH4.Y/c1-6-15(22-5)12-20(28)24-17(11-19(27)8-3)13-21(29)23-16(9-14(4)25)10-18(26)7-2;;;;;;;;;/h15-17,22H,4,6-13H2,1-3,5H3,(H,23,29)(H,24,28);8*1H4;/q-1;;;;;;;;;. The van der Waals surface area contributed by atoms with E-state index in [2.05, 4.69) is 22.9 Å². The van der Waals surface area contributed by atoms with Crippen LogP contribution in [0.1, 0.15) is 132 Å². The summed E-state index contributed by atoms with van der Waals surface area (Å²) in [6.07, 6.45) is 1.60. The van der Waals surface area contributed by atoms with E-state index in [0.29, 0.717) is 12.8 Å². The van der Waals surface area contributed by atoms with Crippen LogP contribution < -0.4 is 16.0 Å². The summed E-state index contributed by atoms with van der Waals surface area (Å²) in [5.74, 6) is -1.16. The summed E-state index contributed by atoms with van der Waals surface area (Å²) in [6.45, 7) is 8.70. The van der Waals surface area contributed by atoms with Crippen LogP contribution in [0.25, 0.3) is 0 Å². The minimum atomic E-state index is -0.637. The Morgan fingerprint density at radius 3 is 1.16 bits per heavy atom. The number of rotatable bonds is 16. The van der Waals surface area contributed by atoms with Crippen molar-refractivity contribution in [3.05, 3.63) is 6.92 Å². The summed E-state index contributed by atoms with van der Waals surface area (Å²) in [5.41, 5.74) is 0. The predicted molar refractivity (Wildman–Crippen MR) is 165 cm³/mol. The molecule has 38 heavy (non-hydrogen) atoms. The second kappa shape index (κ2) is 38.0. The van der Waals surface area contributed by atoms with Crippen LogP contribution in [0.15, 0.2) is 0 Å². The number of carbonyl (C=O) groups is 5. The van der Waals surface area contributed by atoms with Crippen LogP contribution in [0.3, 0.4) is 0 Å². The molecule has 0 spiro atoms. The Morgan fingerprint density at radius 1 is 0.579 bits per heavy atom. The number of hydrogen-bond acceptors (Lipinski definition) is 6. The Kier molecular flexibility index (Phi) is 65.8. The molecular formula is C29H68N3O5Y-. The van der Waals surface area contributed by atoms with Gasteiger partial charge in [0.15, 0.2) is 0 Å². The third-order valence-electron chi connectivity index (χ3n) is 4.71. The number of ketones is 3. The minimum Gasteiger partial charge on any atom is -0.353 e. The van der Waals surface area contributed by atoms with Crippen molar-refractivity contribution in [1.82, 2.24) is 16.0 Å². The number of nitrogens with one attached hydrogen (secondary N) is 3. The zero-order valence-electron chi connectivity index (χ0n) is 18.7. The maximum atomic E-state index is 12.5. The van der Waals surface area contributed by atoms with Crippen LogP contribution in [0.5, 0.6) is 0 Å². The molecule has 0 aromatic carbocycles. The van der Waals surface area contributed by atoms with Crippen molar-refractivity contribution in [2.75, 3.05) is 7.05 Å². The SMILES string of the molecule is C.C.C.C.C.C.C.C.[CH2-]C(=O)CC(CC(=O)CC)NC(=O)CC(CC(=O)CC)NC(=O)CC(CC)NC.[Y].